The number of hydrogen-bond acceptors (Lipinski definition) is 9. The van der Waals surface area contributed by atoms with Gasteiger partial charge in [-0.3, -0.25) is 4.98 Å². The number of fused-ring (bicyclic) bond motifs is 1. The second kappa shape index (κ2) is 11.6. The molecule has 13 heteroatoms. The molecule has 1 aliphatic rings. The molecular formula is C28H31F3N8O2. The summed E-state index contributed by atoms with van der Waals surface area (Å²) in [5.74, 6) is 1.14. The standard InChI is InChI=1S/C28H31F3N8O2/c1-17-24(41-23(13-32)22-14-33-7-8-34-22)15-35-26-25(17)39(3)27(37-26)36-19-10-18(28(29,30)31)11-21(12-19)40-16-20-6-4-5-9-38(20)2/h7-8,10-15,20H,4-6,9,16,32H2,1-3H3,(H,35,36,37)/b23-13+. The van der Waals surface area contributed by atoms with Crippen molar-refractivity contribution in [1.29, 1.82) is 0 Å². The van der Waals surface area contributed by atoms with Crippen LogP contribution in [-0.4, -0.2) is 55.6 Å². The highest BCUT2D eigenvalue weighted by Gasteiger charge is 2.32. The second-order valence-corrected chi connectivity index (χ2v) is 9.95. The number of hydrogen-bond donors (Lipinski definition) is 2. The molecule has 1 aliphatic heterocycles. The van der Waals surface area contributed by atoms with Crippen molar-refractivity contribution in [2.45, 2.75) is 38.4 Å². The van der Waals surface area contributed by atoms with Gasteiger partial charge in [-0.25, -0.2) is 9.97 Å². The monoisotopic (exact) mass is 568 g/mol. The molecule has 1 unspecified atom stereocenters. The number of piperidine rings is 1. The van der Waals surface area contributed by atoms with Crippen LogP contribution in [0.4, 0.5) is 24.8 Å². The van der Waals surface area contributed by atoms with Gasteiger partial charge in [0.25, 0.3) is 0 Å². The van der Waals surface area contributed by atoms with Crippen molar-refractivity contribution in [3.8, 4) is 11.5 Å². The predicted octanol–water partition coefficient (Wildman–Crippen LogP) is 5.03. The van der Waals surface area contributed by atoms with Crippen molar-refractivity contribution < 1.29 is 22.6 Å². The van der Waals surface area contributed by atoms with Crippen LogP contribution in [0.2, 0.25) is 0 Å². The summed E-state index contributed by atoms with van der Waals surface area (Å²) < 4.78 is 54.9. The lowest BCUT2D eigenvalue weighted by atomic mass is 10.0. The van der Waals surface area contributed by atoms with Crippen molar-refractivity contribution >= 4 is 28.6 Å². The molecule has 0 amide bonds. The highest BCUT2D eigenvalue weighted by molar-refractivity contribution is 5.81. The van der Waals surface area contributed by atoms with E-state index >= 15 is 0 Å². The Hall–Kier alpha value is -4.39. The molecule has 0 saturated carbocycles. The molecule has 1 fully saturated rings. The molecule has 1 aromatic carbocycles. The van der Waals surface area contributed by atoms with E-state index in [9.17, 15) is 13.2 Å². The highest BCUT2D eigenvalue weighted by atomic mass is 19.4. The number of aryl methyl sites for hydroxylation is 2. The van der Waals surface area contributed by atoms with Gasteiger partial charge in [-0.05, 0) is 45.5 Å². The maximum atomic E-state index is 13.8. The van der Waals surface area contributed by atoms with E-state index in [-0.39, 0.29) is 17.5 Å². The number of aromatic nitrogens is 5. The van der Waals surface area contributed by atoms with E-state index in [0.29, 0.717) is 46.5 Å². The third-order valence-corrected chi connectivity index (χ3v) is 7.15. The summed E-state index contributed by atoms with van der Waals surface area (Å²) in [7, 11) is 3.75. The van der Waals surface area contributed by atoms with Gasteiger partial charge in [0.1, 0.15) is 18.1 Å². The number of rotatable bonds is 8. The molecule has 1 atom stereocenters. The maximum Gasteiger partial charge on any atom is 0.416 e. The van der Waals surface area contributed by atoms with Gasteiger partial charge in [0.05, 0.1) is 23.5 Å². The van der Waals surface area contributed by atoms with Gasteiger partial charge in [-0.2, -0.15) is 18.2 Å². The van der Waals surface area contributed by atoms with Gasteiger partial charge in [-0.15, -0.1) is 0 Å². The molecule has 0 radical (unpaired) electrons. The summed E-state index contributed by atoms with van der Waals surface area (Å²) in [6.07, 6.45) is 5.94. The van der Waals surface area contributed by atoms with Gasteiger partial charge in [-0.1, -0.05) is 6.42 Å². The quantitative estimate of drug-likeness (QED) is 0.282. The molecule has 5 rings (SSSR count). The number of likely N-dealkylation sites (N-methyl/N-ethyl adjacent to an activating group) is 1. The predicted molar refractivity (Wildman–Crippen MR) is 149 cm³/mol. The number of alkyl halides is 3. The summed E-state index contributed by atoms with van der Waals surface area (Å²) in [5.41, 5.74) is 7.30. The number of benzene rings is 1. The first-order valence-corrected chi connectivity index (χ1v) is 13.1. The van der Waals surface area contributed by atoms with E-state index in [1.54, 1.807) is 17.7 Å². The van der Waals surface area contributed by atoms with Crippen LogP contribution < -0.4 is 20.5 Å². The van der Waals surface area contributed by atoms with Crippen molar-refractivity contribution in [3.63, 3.8) is 0 Å². The fraction of sp³-hybridized carbons (Fsp3) is 0.357. The number of nitrogens with two attached hydrogens (primary N) is 1. The zero-order valence-corrected chi connectivity index (χ0v) is 22.9. The summed E-state index contributed by atoms with van der Waals surface area (Å²) in [6, 6.07) is 3.76. The number of anilines is 2. The smallest absolute Gasteiger partial charge is 0.416 e. The van der Waals surface area contributed by atoms with Gasteiger partial charge in [0.2, 0.25) is 5.95 Å². The fourth-order valence-corrected chi connectivity index (χ4v) is 4.85. The molecular weight excluding hydrogens is 537 g/mol. The molecule has 0 bridgehead atoms. The van der Waals surface area contributed by atoms with Crippen LogP contribution >= 0.6 is 0 Å². The minimum atomic E-state index is -4.55. The first-order valence-electron chi connectivity index (χ1n) is 13.1. The van der Waals surface area contributed by atoms with Crippen molar-refractivity contribution in [3.05, 3.63) is 66.0 Å². The Morgan fingerprint density at radius 3 is 2.68 bits per heavy atom. The third kappa shape index (κ3) is 6.19. The molecule has 1 saturated heterocycles. The van der Waals surface area contributed by atoms with Crippen molar-refractivity contribution in [2.24, 2.45) is 12.8 Å². The van der Waals surface area contributed by atoms with Crippen LogP contribution in [0.15, 0.2) is 49.2 Å². The lowest BCUT2D eigenvalue weighted by Gasteiger charge is -2.32. The second-order valence-electron chi connectivity index (χ2n) is 9.95. The number of imidazole rings is 1. The fourth-order valence-electron chi connectivity index (χ4n) is 4.85. The normalized spacial score (nSPS) is 16.6. The number of ether oxygens (including phenoxy) is 2. The summed E-state index contributed by atoms with van der Waals surface area (Å²) in [6.45, 7) is 3.08. The van der Waals surface area contributed by atoms with Crippen LogP contribution in [0.1, 0.15) is 36.1 Å². The number of nitrogens with zero attached hydrogens (tertiary/aromatic N) is 6. The van der Waals surface area contributed by atoms with Gasteiger partial charge in [0, 0.05) is 49.0 Å². The molecule has 0 spiro atoms. The molecule has 216 valence electrons. The molecule has 4 aromatic rings. The van der Waals surface area contributed by atoms with Gasteiger partial charge >= 0.3 is 6.18 Å². The minimum Gasteiger partial charge on any atom is -0.492 e. The van der Waals surface area contributed by atoms with Crippen LogP contribution in [-0.2, 0) is 13.2 Å². The lowest BCUT2D eigenvalue weighted by molar-refractivity contribution is -0.137. The average Bonchev–Trinajstić information content (AvgIpc) is 3.27. The third-order valence-electron chi connectivity index (χ3n) is 7.15. The molecule has 10 nitrogen and oxygen atoms in total. The Kier molecular flexibility index (Phi) is 7.97. The van der Waals surface area contributed by atoms with Crippen LogP contribution in [0.25, 0.3) is 16.9 Å². The highest BCUT2D eigenvalue weighted by Crippen LogP contribution is 2.36. The topological polar surface area (TPSA) is 116 Å². The Labute approximate surface area is 235 Å². The van der Waals surface area contributed by atoms with E-state index in [2.05, 4.69) is 30.2 Å². The number of nitrogens with one attached hydrogen (secondary N) is 1. The van der Waals surface area contributed by atoms with Gasteiger partial charge < -0.3 is 30.0 Å². The molecule has 41 heavy (non-hydrogen) atoms. The Morgan fingerprint density at radius 2 is 1.98 bits per heavy atom. The molecule has 0 aliphatic carbocycles. The van der Waals surface area contributed by atoms with E-state index in [1.165, 1.54) is 31.0 Å². The Balaban J connectivity index is 1.42. The van der Waals surface area contributed by atoms with E-state index in [1.807, 2.05) is 14.0 Å². The summed E-state index contributed by atoms with van der Waals surface area (Å²) in [5, 5.41) is 3.02. The zero-order valence-electron chi connectivity index (χ0n) is 22.9. The SMILES string of the molecule is Cc1c(O/C(=C/N)c2cnccn2)cnc2nc(Nc3cc(OCC4CCCCN4C)cc(C(F)(F)F)c3)n(C)c12. The van der Waals surface area contributed by atoms with Crippen LogP contribution in [0.5, 0.6) is 11.5 Å². The molecule has 3 N–H and O–H groups in total. The number of halogens is 3. The Morgan fingerprint density at radius 1 is 1.15 bits per heavy atom. The van der Waals surface area contributed by atoms with E-state index < -0.39 is 11.7 Å². The lowest BCUT2D eigenvalue weighted by Crippen LogP contribution is -2.40. The molecule has 4 heterocycles. The summed E-state index contributed by atoms with van der Waals surface area (Å²) >= 11 is 0. The van der Waals surface area contributed by atoms with Gasteiger partial charge in [0.15, 0.2) is 17.2 Å². The zero-order chi connectivity index (χ0) is 29.1. The average molecular weight is 569 g/mol. The number of likely N-dealkylation sites (tertiary alicyclic amines) is 1. The van der Waals surface area contributed by atoms with Crippen molar-refractivity contribution in [1.82, 2.24) is 29.4 Å². The van der Waals surface area contributed by atoms with E-state index in [4.69, 9.17) is 15.2 Å². The first-order chi connectivity index (χ1) is 19.6. The van der Waals surface area contributed by atoms with Crippen LogP contribution in [0, 0.1) is 6.92 Å². The van der Waals surface area contributed by atoms with Crippen LogP contribution in [0.3, 0.4) is 0 Å². The first kappa shape index (κ1) is 28.1. The maximum absolute atomic E-state index is 13.8. The Bertz CT molecular complexity index is 1560. The molecule has 3 aromatic heterocycles. The van der Waals surface area contributed by atoms with E-state index in [0.717, 1.165) is 37.9 Å². The largest absolute Gasteiger partial charge is 0.492 e. The summed E-state index contributed by atoms with van der Waals surface area (Å²) in [4.78, 5) is 19.3. The number of pyridine rings is 1. The van der Waals surface area contributed by atoms with Crippen molar-refractivity contribution in [2.75, 3.05) is 25.5 Å². The minimum absolute atomic E-state index is 0.134.